The highest BCUT2D eigenvalue weighted by Gasteiger charge is 2.54. The van der Waals surface area contributed by atoms with E-state index in [2.05, 4.69) is 43.5 Å². The van der Waals surface area contributed by atoms with Gasteiger partial charge in [0.15, 0.2) is 18.9 Å². The van der Waals surface area contributed by atoms with Crippen LogP contribution in [0, 0.1) is 0 Å². The van der Waals surface area contributed by atoms with E-state index in [0.717, 1.165) is 51.4 Å². The van der Waals surface area contributed by atoms with Crippen molar-refractivity contribution < 1.29 is 89.4 Å². The second-order valence-electron chi connectivity index (χ2n) is 36.7. The summed E-state index contributed by atoms with van der Waals surface area (Å²) in [6, 6.07) is -0.887. The fraction of sp³-hybridized carbons (Fsp3) is 0.950. The third-order valence-corrected chi connectivity index (χ3v) is 25.8. The van der Waals surface area contributed by atoms with Gasteiger partial charge in [-0.3, -0.25) is 4.79 Å². The first-order valence-corrected chi connectivity index (χ1v) is 51.1. The molecular weight excluding hydrogens is 1500 g/mol. The van der Waals surface area contributed by atoms with Crippen molar-refractivity contribution in [2.45, 2.75) is 580 Å². The zero-order chi connectivity index (χ0) is 85.9. The molecule has 3 saturated heterocycles. The van der Waals surface area contributed by atoms with Gasteiger partial charge in [-0.1, -0.05) is 449 Å². The molecule has 1 amide bonds. The maximum absolute atomic E-state index is 13.6. The van der Waals surface area contributed by atoms with Crippen molar-refractivity contribution >= 4 is 5.91 Å². The van der Waals surface area contributed by atoms with Crippen LogP contribution in [-0.4, -0.2) is 193 Å². The van der Waals surface area contributed by atoms with Crippen LogP contribution in [0.25, 0.3) is 0 Å². The molecule has 12 N–H and O–H groups in total. The third-order valence-electron chi connectivity index (χ3n) is 25.8. The molecule has 17 unspecified atom stereocenters. The molecule has 3 heterocycles. The number of aliphatic hydroxyl groups is 11. The summed E-state index contributed by atoms with van der Waals surface area (Å²) >= 11 is 0. The van der Waals surface area contributed by atoms with E-state index in [0.29, 0.717) is 12.8 Å². The first kappa shape index (κ1) is 111. The van der Waals surface area contributed by atoms with Gasteiger partial charge in [0, 0.05) is 6.42 Å². The minimum atomic E-state index is -1.97. The Balaban J connectivity index is 1.26. The van der Waals surface area contributed by atoms with Crippen molar-refractivity contribution in [2.24, 2.45) is 0 Å². The molecule has 3 fully saturated rings. The van der Waals surface area contributed by atoms with E-state index in [9.17, 15) is 61.0 Å². The molecule has 0 aromatic rings. The summed E-state index contributed by atoms with van der Waals surface area (Å²) in [5.74, 6) is -0.231. The third kappa shape index (κ3) is 57.0. The topological polar surface area (TPSA) is 307 Å². The smallest absolute Gasteiger partial charge is 0.220 e. The van der Waals surface area contributed by atoms with Crippen molar-refractivity contribution in [3.8, 4) is 0 Å². The summed E-state index contributed by atoms with van der Waals surface area (Å²) < 4.78 is 34.7. The Morgan fingerprint density at radius 2 is 0.555 bits per heavy atom. The van der Waals surface area contributed by atoms with Crippen LogP contribution in [0.4, 0.5) is 0 Å². The zero-order valence-electron chi connectivity index (χ0n) is 76.6. The standard InChI is InChI=1S/C100H191NO18/c1-3-5-7-9-11-13-15-17-19-21-23-25-27-29-31-33-35-37-38-39-40-41-42-43-44-46-48-50-52-54-56-58-60-62-64-66-68-70-72-74-76-78-88(106)101-83(84(105)77-75-73-71-69-67-65-63-61-59-57-55-53-51-49-47-45-36-34-32-30-28-26-24-22-20-18-16-14-12-10-8-6-4-2)82-114-98-94(112)91(109)96(86(80-103)116-98)119-100-95(113)92(110)97(87(81-104)117-100)118-99-93(111)90(108)89(107)85(79-102)115-99/h15,17,21,23,83-87,89-100,102-105,107-113H,3-14,16,18-20,22,24-82H2,1-2H3,(H,101,106)/b17-15-,23-21-. The van der Waals surface area contributed by atoms with E-state index in [1.54, 1.807) is 0 Å². The molecule has 0 bridgehead atoms. The van der Waals surface area contributed by atoms with Gasteiger partial charge in [-0.25, -0.2) is 0 Å². The van der Waals surface area contributed by atoms with Crippen molar-refractivity contribution in [2.75, 3.05) is 26.4 Å². The molecule has 0 radical (unpaired) electrons. The van der Waals surface area contributed by atoms with Gasteiger partial charge in [-0.15, -0.1) is 0 Å². The van der Waals surface area contributed by atoms with Crippen molar-refractivity contribution in [3.05, 3.63) is 24.3 Å². The monoisotopic (exact) mass is 1690 g/mol. The predicted octanol–water partition coefficient (Wildman–Crippen LogP) is 21.5. The van der Waals surface area contributed by atoms with Crippen LogP contribution < -0.4 is 5.32 Å². The second kappa shape index (κ2) is 79.6. The lowest BCUT2D eigenvalue weighted by Crippen LogP contribution is -2.66. The van der Waals surface area contributed by atoms with E-state index >= 15 is 0 Å². The summed E-state index contributed by atoms with van der Waals surface area (Å²) in [7, 11) is 0. The first-order chi connectivity index (χ1) is 58.3. The number of rotatable bonds is 86. The van der Waals surface area contributed by atoms with Crippen LogP contribution in [0.2, 0.25) is 0 Å². The Labute approximate surface area is 728 Å². The molecule has 704 valence electrons. The number of allylic oxidation sites excluding steroid dienone is 4. The molecule has 0 aromatic carbocycles. The maximum atomic E-state index is 13.6. The molecule has 3 aliphatic rings. The molecule has 3 aliphatic heterocycles. The van der Waals surface area contributed by atoms with Crippen molar-refractivity contribution in [1.82, 2.24) is 5.32 Å². The van der Waals surface area contributed by atoms with Gasteiger partial charge in [0.2, 0.25) is 5.91 Å². The Hall–Kier alpha value is -1.73. The average molecular weight is 1700 g/mol. The highest BCUT2D eigenvalue weighted by Crippen LogP contribution is 2.34. The largest absolute Gasteiger partial charge is 0.394 e. The van der Waals surface area contributed by atoms with Gasteiger partial charge in [-0.05, 0) is 44.9 Å². The minimum Gasteiger partial charge on any atom is -0.394 e. The molecule has 0 spiro atoms. The van der Waals surface area contributed by atoms with Crippen LogP contribution in [-0.2, 0) is 33.2 Å². The van der Waals surface area contributed by atoms with Gasteiger partial charge in [0.25, 0.3) is 0 Å². The molecule has 17 atom stereocenters. The molecule has 0 aliphatic carbocycles. The van der Waals surface area contributed by atoms with Gasteiger partial charge >= 0.3 is 0 Å². The number of ether oxygens (including phenoxy) is 6. The molecule has 0 saturated carbocycles. The van der Waals surface area contributed by atoms with Crippen LogP contribution >= 0.6 is 0 Å². The molecule has 119 heavy (non-hydrogen) atoms. The van der Waals surface area contributed by atoms with Crippen LogP contribution in [0.1, 0.15) is 476 Å². The Kier molecular flexibility index (Phi) is 74.6. The molecule has 0 aromatic heterocycles. The van der Waals surface area contributed by atoms with Crippen molar-refractivity contribution in [3.63, 3.8) is 0 Å². The van der Waals surface area contributed by atoms with Crippen molar-refractivity contribution in [1.29, 1.82) is 0 Å². The van der Waals surface area contributed by atoms with E-state index in [-0.39, 0.29) is 18.9 Å². The maximum Gasteiger partial charge on any atom is 0.220 e. The zero-order valence-corrected chi connectivity index (χ0v) is 76.6. The summed E-state index contributed by atoms with van der Waals surface area (Å²) in [6.07, 6.45) is 76.2. The summed E-state index contributed by atoms with van der Waals surface area (Å²) in [5.41, 5.74) is 0. The fourth-order valence-corrected chi connectivity index (χ4v) is 17.7. The Morgan fingerprint density at radius 1 is 0.303 bits per heavy atom. The highest BCUT2D eigenvalue weighted by molar-refractivity contribution is 5.76. The lowest BCUT2D eigenvalue weighted by molar-refractivity contribution is -0.379. The first-order valence-electron chi connectivity index (χ1n) is 51.1. The highest BCUT2D eigenvalue weighted by atomic mass is 16.8. The van der Waals surface area contributed by atoms with Gasteiger partial charge < -0.3 is 89.9 Å². The number of carbonyl (C=O) groups is 1. The number of nitrogens with one attached hydrogen (secondary N) is 1. The quantitative estimate of drug-likeness (QED) is 0.0199. The molecule has 19 heteroatoms. The molecular formula is C100H191NO18. The summed E-state index contributed by atoms with van der Waals surface area (Å²) in [6.45, 7) is 1.88. The minimum absolute atomic E-state index is 0.231. The van der Waals surface area contributed by atoms with Crippen LogP contribution in [0.15, 0.2) is 24.3 Å². The van der Waals surface area contributed by atoms with E-state index in [1.807, 2.05) is 0 Å². The van der Waals surface area contributed by atoms with Gasteiger partial charge in [0.05, 0.1) is 38.6 Å². The number of aliphatic hydroxyl groups excluding tert-OH is 11. The lowest BCUT2D eigenvalue weighted by atomic mass is 9.96. The van der Waals surface area contributed by atoms with E-state index < -0.39 is 124 Å². The fourth-order valence-electron chi connectivity index (χ4n) is 17.7. The van der Waals surface area contributed by atoms with Crippen LogP contribution in [0.3, 0.4) is 0 Å². The Bertz CT molecular complexity index is 2230. The number of hydrogen-bond donors (Lipinski definition) is 12. The summed E-state index contributed by atoms with van der Waals surface area (Å²) in [4.78, 5) is 13.6. The molecule has 3 rings (SSSR count). The van der Waals surface area contributed by atoms with Crippen LogP contribution in [0.5, 0.6) is 0 Å². The number of carbonyl (C=O) groups excluding carboxylic acids is 1. The SMILES string of the molecule is CCCCCCC/C=C\C/C=C\CCCCCCCCCCCCCCCCCCCCCCCCCCCCCCCC(=O)NC(COC1OC(CO)C(OC2OC(CO)C(OC3OC(CO)C(O)C(O)C3O)C(O)C2O)C(O)C1O)C(O)CCCCCCCCCCCCCCCCCCCCCCCCCCCCCCCCCCC. The average Bonchev–Trinajstić information content (AvgIpc) is 0.778. The number of hydrogen-bond acceptors (Lipinski definition) is 18. The van der Waals surface area contributed by atoms with Gasteiger partial charge in [-0.2, -0.15) is 0 Å². The predicted molar refractivity (Wildman–Crippen MR) is 485 cm³/mol. The lowest BCUT2D eigenvalue weighted by Gasteiger charge is -2.48. The summed E-state index contributed by atoms with van der Waals surface area (Å²) in [5, 5.41) is 122. The molecule has 19 nitrogen and oxygen atoms in total. The Morgan fingerprint density at radius 3 is 0.857 bits per heavy atom. The number of unbranched alkanes of at least 4 members (excludes halogenated alkanes) is 66. The van der Waals surface area contributed by atoms with E-state index in [4.69, 9.17) is 28.4 Å². The van der Waals surface area contributed by atoms with E-state index in [1.165, 1.54) is 392 Å². The second-order valence-corrected chi connectivity index (χ2v) is 36.7. The number of amides is 1. The normalized spacial score (nSPS) is 24.2. The van der Waals surface area contributed by atoms with Gasteiger partial charge in [0.1, 0.15) is 73.2 Å².